The maximum absolute atomic E-state index is 13.5. The molecule has 2 aromatic rings. The third-order valence-corrected chi connectivity index (χ3v) is 7.69. The number of rotatable bonds is 9. The third kappa shape index (κ3) is 6.77. The molecule has 1 aromatic heterocycles. The lowest BCUT2D eigenvalue weighted by atomic mass is 9.94. The molecule has 1 aromatic carbocycles. The summed E-state index contributed by atoms with van der Waals surface area (Å²) in [5.41, 5.74) is 2.30. The molecular weight excluding hydrogens is 498 g/mol. The lowest BCUT2D eigenvalue weighted by Crippen LogP contribution is -2.34. The predicted octanol–water partition coefficient (Wildman–Crippen LogP) is 7.23. The summed E-state index contributed by atoms with van der Waals surface area (Å²) in [6.07, 6.45) is 3.57. The minimum absolute atomic E-state index is 0.0792. The summed E-state index contributed by atoms with van der Waals surface area (Å²) in [6, 6.07) is 5.26. The average Bonchev–Trinajstić information content (AvgIpc) is 3.43. The molecule has 1 saturated carbocycles. The van der Waals surface area contributed by atoms with Gasteiger partial charge in [-0.3, -0.25) is 4.90 Å². The van der Waals surface area contributed by atoms with Crippen molar-refractivity contribution in [2.24, 2.45) is 5.92 Å². The summed E-state index contributed by atoms with van der Waals surface area (Å²) in [4.78, 5) is 21.6. The molecule has 1 amide bonds. The van der Waals surface area contributed by atoms with Gasteiger partial charge in [0.1, 0.15) is 12.5 Å². The standard InChI is InChI=1S/C29H37F4N3O2/c1-3-35(17-20-8-4-5-9-20)27-24(15-23-10-6-7-11-26(23)34-27)19-36(28(37)38-2)18-22-12-21(16-30)13-25(14-22)29(31,32)33/h12-15,20H,3-11,16-19H2,1-2H3. The number of anilines is 1. The van der Waals surface area contributed by atoms with Crippen LogP contribution in [0.4, 0.5) is 28.2 Å². The Morgan fingerprint density at radius 2 is 1.74 bits per heavy atom. The van der Waals surface area contributed by atoms with Gasteiger partial charge in [0.2, 0.25) is 0 Å². The molecular formula is C29H37F4N3O2. The van der Waals surface area contributed by atoms with Crippen molar-refractivity contribution >= 4 is 11.9 Å². The number of amides is 1. The Balaban J connectivity index is 1.69. The highest BCUT2D eigenvalue weighted by Gasteiger charge is 2.32. The summed E-state index contributed by atoms with van der Waals surface area (Å²) in [6.45, 7) is 2.71. The second-order valence-corrected chi connectivity index (χ2v) is 10.5. The number of alkyl halides is 4. The average molecular weight is 536 g/mol. The van der Waals surface area contributed by atoms with E-state index in [1.807, 2.05) is 0 Å². The molecule has 0 atom stereocenters. The van der Waals surface area contributed by atoms with Gasteiger partial charge in [-0.15, -0.1) is 0 Å². The molecule has 0 N–H and O–H groups in total. The molecule has 4 rings (SSSR count). The first-order chi connectivity index (χ1) is 18.2. The van der Waals surface area contributed by atoms with Gasteiger partial charge in [-0.1, -0.05) is 18.9 Å². The van der Waals surface area contributed by atoms with Crippen molar-refractivity contribution in [3.63, 3.8) is 0 Å². The Labute approximate surface area is 222 Å². The number of benzene rings is 1. The van der Waals surface area contributed by atoms with Crippen LogP contribution in [0.3, 0.4) is 0 Å². The number of carbonyl (C=O) groups is 1. The van der Waals surface area contributed by atoms with E-state index in [4.69, 9.17) is 9.72 Å². The molecule has 0 aliphatic heterocycles. The van der Waals surface area contributed by atoms with Crippen LogP contribution in [0.25, 0.3) is 0 Å². The van der Waals surface area contributed by atoms with Crippen LogP contribution in [-0.4, -0.2) is 36.2 Å². The summed E-state index contributed by atoms with van der Waals surface area (Å²) in [5, 5.41) is 0. The van der Waals surface area contributed by atoms with Crippen LogP contribution in [0, 0.1) is 5.92 Å². The van der Waals surface area contributed by atoms with E-state index < -0.39 is 24.5 Å². The Morgan fingerprint density at radius 1 is 1.03 bits per heavy atom. The van der Waals surface area contributed by atoms with E-state index in [0.717, 1.165) is 73.5 Å². The van der Waals surface area contributed by atoms with Gasteiger partial charge in [0, 0.05) is 30.9 Å². The number of fused-ring (bicyclic) bond motifs is 1. The second kappa shape index (κ2) is 12.3. The maximum Gasteiger partial charge on any atom is 0.416 e. The lowest BCUT2D eigenvalue weighted by Gasteiger charge is -2.31. The summed E-state index contributed by atoms with van der Waals surface area (Å²) >= 11 is 0. The van der Waals surface area contributed by atoms with Gasteiger partial charge in [0.05, 0.1) is 19.2 Å². The van der Waals surface area contributed by atoms with E-state index in [1.165, 1.54) is 43.8 Å². The third-order valence-electron chi connectivity index (χ3n) is 7.69. The summed E-state index contributed by atoms with van der Waals surface area (Å²) < 4.78 is 58.8. The molecule has 2 aliphatic carbocycles. The number of methoxy groups -OCH3 is 1. The Bertz CT molecular complexity index is 1120. The van der Waals surface area contributed by atoms with Crippen LogP contribution in [0.2, 0.25) is 0 Å². The van der Waals surface area contributed by atoms with Gasteiger partial charge >= 0.3 is 12.3 Å². The zero-order valence-corrected chi connectivity index (χ0v) is 22.2. The fourth-order valence-electron chi connectivity index (χ4n) is 5.77. The highest BCUT2D eigenvalue weighted by Crippen LogP contribution is 2.33. The van der Waals surface area contributed by atoms with Crippen molar-refractivity contribution in [3.8, 4) is 0 Å². The Morgan fingerprint density at radius 3 is 2.39 bits per heavy atom. The Kier molecular flexibility index (Phi) is 9.15. The smallest absolute Gasteiger partial charge is 0.416 e. The topological polar surface area (TPSA) is 45.7 Å². The molecule has 1 fully saturated rings. The van der Waals surface area contributed by atoms with Gasteiger partial charge in [-0.05, 0) is 86.3 Å². The fraction of sp³-hybridized carbons (Fsp3) is 0.586. The van der Waals surface area contributed by atoms with E-state index in [-0.39, 0.29) is 24.2 Å². The molecule has 208 valence electrons. The first-order valence-corrected chi connectivity index (χ1v) is 13.6. The van der Waals surface area contributed by atoms with Crippen molar-refractivity contribution in [1.82, 2.24) is 9.88 Å². The molecule has 9 heteroatoms. The van der Waals surface area contributed by atoms with Gasteiger partial charge < -0.3 is 9.64 Å². The molecule has 0 bridgehead atoms. The normalized spacial score (nSPS) is 15.8. The highest BCUT2D eigenvalue weighted by atomic mass is 19.4. The SMILES string of the molecule is CCN(CC1CCCC1)c1nc2c(cc1CN(Cc1cc(CF)cc(C(F)(F)F)c1)C(=O)OC)CCCC2. The minimum Gasteiger partial charge on any atom is -0.453 e. The minimum atomic E-state index is -4.62. The number of ether oxygens (including phenoxy) is 1. The molecule has 1 heterocycles. The number of aryl methyl sites for hydroxylation is 2. The number of halogens is 4. The summed E-state index contributed by atoms with van der Waals surface area (Å²) in [7, 11) is 1.25. The van der Waals surface area contributed by atoms with Crippen LogP contribution < -0.4 is 4.90 Å². The first-order valence-electron chi connectivity index (χ1n) is 13.6. The summed E-state index contributed by atoms with van der Waals surface area (Å²) in [5.74, 6) is 1.43. The molecule has 5 nitrogen and oxygen atoms in total. The predicted molar refractivity (Wildman–Crippen MR) is 139 cm³/mol. The molecule has 0 radical (unpaired) electrons. The van der Waals surface area contributed by atoms with Gasteiger partial charge in [-0.25, -0.2) is 14.2 Å². The van der Waals surface area contributed by atoms with E-state index in [2.05, 4.69) is 17.9 Å². The van der Waals surface area contributed by atoms with Gasteiger partial charge in [0.25, 0.3) is 0 Å². The molecule has 2 aliphatic rings. The van der Waals surface area contributed by atoms with Crippen LogP contribution in [0.5, 0.6) is 0 Å². The zero-order valence-electron chi connectivity index (χ0n) is 22.2. The zero-order chi connectivity index (χ0) is 27.3. The van der Waals surface area contributed by atoms with Crippen LogP contribution in [0.1, 0.15) is 79.0 Å². The maximum atomic E-state index is 13.5. The lowest BCUT2D eigenvalue weighted by molar-refractivity contribution is -0.137. The van der Waals surface area contributed by atoms with Crippen molar-refractivity contribution in [3.05, 3.63) is 57.8 Å². The number of carbonyl (C=O) groups excluding carboxylic acids is 1. The second-order valence-electron chi connectivity index (χ2n) is 10.5. The van der Waals surface area contributed by atoms with E-state index in [0.29, 0.717) is 5.92 Å². The molecule has 0 saturated heterocycles. The van der Waals surface area contributed by atoms with Gasteiger partial charge in [-0.2, -0.15) is 13.2 Å². The van der Waals surface area contributed by atoms with E-state index >= 15 is 0 Å². The van der Waals surface area contributed by atoms with Crippen LogP contribution >= 0.6 is 0 Å². The number of hydrogen-bond acceptors (Lipinski definition) is 4. The highest BCUT2D eigenvalue weighted by molar-refractivity contribution is 5.68. The van der Waals surface area contributed by atoms with E-state index in [1.54, 1.807) is 0 Å². The number of aromatic nitrogens is 1. The van der Waals surface area contributed by atoms with Crippen molar-refractivity contribution in [2.45, 2.75) is 84.2 Å². The quantitative estimate of drug-likeness (QED) is 0.318. The number of pyridine rings is 1. The monoisotopic (exact) mass is 535 g/mol. The first kappa shape index (κ1) is 28.2. The van der Waals surface area contributed by atoms with Crippen molar-refractivity contribution in [2.75, 3.05) is 25.1 Å². The molecule has 0 unspecified atom stereocenters. The number of nitrogens with zero attached hydrogens (tertiary/aromatic N) is 3. The van der Waals surface area contributed by atoms with Gasteiger partial charge in [0.15, 0.2) is 0 Å². The molecule has 38 heavy (non-hydrogen) atoms. The number of hydrogen-bond donors (Lipinski definition) is 0. The Hall–Kier alpha value is -2.84. The molecule has 0 spiro atoms. The van der Waals surface area contributed by atoms with Crippen molar-refractivity contribution in [1.29, 1.82) is 0 Å². The van der Waals surface area contributed by atoms with Crippen LogP contribution in [0.15, 0.2) is 24.3 Å². The van der Waals surface area contributed by atoms with Crippen molar-refractivity contribution < 1.29 is 27.1 Å². The largest absolute Gasteiger partial charge is 0.453 e. The fourth-order valence-corrected chi connectivity index (χ4v) is 5.77. The van der Waals surface area contributed by atoms with E-state index in [9.17, 15) is 22.4 Å². The van der Waals surface area contributed by atoms with Crippen LogP contribution in [-0.2, 0) is 43.5 Å².